The number of anilines is 1. The zero-order chi connectivity index (χ0) is 8.10. The molecular formula is C5H6N4O2. The molecule has 6 nitrogen and oxygen atoms in total. The molecular weight excluding hydrogens is 148 g/mol. The third kappa shape index (κ3) is 2.57. The van der Waals surface area contributed by atoms with Gasteiger partial charge >= 0.3 is 5.97 Å². The molecule has 1 heterocycles. The van der Waals surface area contributed by atoms with Crippen molar-refractivity contribution in [2.24, 2.45) is 0 Å². The van der Waals surface area contributed by atoms with Crippen LogP contribution >= 0.6 is 0 Å². The van der Waals surface area contributed by atoms with Crippen molar-refractivity contribution in [3.63, 3.8) is 0 Å². The van der Waals surface area contributed by atoms with Crippen LogP contribution in [0.2, 0.25) is 0 Å². The van der Waals surface area contributed by atoms with Gasteiger partial charge in [0, 0.05) is 0 Å². The van der Waals surface area contributed by atoms with Gasteiger partial charge in [-0.05, 0) is 0 Å². The third-order valence-corrected chi connectivity index (χ3v) is 0.880. The molecule has 0 saturated carbocycles. The SMILES string of the molecule is O=C(O)CNc1nccnn1. The number of nitrogens with one attached hydrogen (secondary N) is 1. The Kier molecular flexibility index (Phi) is 2.32. The first kappa shape index (κ1) is 7.39. The fourth-order valence-electron chi connectivity index (χ4n) is 0.483. The number of aromatic nitrogens is 3. The second kappa shape index (κ2) is 3.45. The molecule has 0 bridgehead atoms. The van der Waals surface area contributed by atoms with Crippen LogP contribution in [0.1, 0.15) is 0 Å². The van der Waals surface area contributed by atoms with Gasteiger partial charge in [-0.1, -0.05) is 0 Å². The van der Waals surface area contributed by atoms with E-state index in [2.05, 4.69) is 20.5 Å². The molecule has 1 rings (SSSR count). The number of hydrogen-bond acceptors (Lipinski definition) is 5. The van der Waals surface area contributed by atoms with Crippen LogP contribution in [0.25, 0.3) is 0 Å². The van der Waals surface area contributed by atoms with E-state index < -0.39 is 5.97 Å². The molecule has 0 radical (unpaired) electrons. The number of aliphatic carboxylic acids is 1. The number of carboxylic acid groups (broad SMARTS) is 1. The molecule has 0 aliphatic carbocycles. The van der Waals surface area contributed by atoms with Gasteiger partial charge in [0.15, 0.2) is 0 Å². The van der Waals surface area contributed by atoms with Gasteiger partial charge in [0.1, 0.15) is 6.54 Å². The quantitative estimate of drug-likeness (QED) is 0.602. The first-order valence-corrected chi connectivity index (χ1v) is 2.88. The highest BCUT2D eigenvalue weighted by atomic mass is 16.4. The van der Waals surface area contributed by atoms with Crippen molar-refractivity contribution in [1.82, 2.24) is 15.2 Å². The zero-order valence-corrected chi connectivity index (χ0v) is 5.56. The van der Waals surface area contributed by atoms with E-state index in [9.17, 15) is 4.79 Å². The molecule has 0 spiro atoms. The van der Waals surface area contributed by atoms with Crippen molar-refractivity contribution in [2.45, 2.75) is 0 Å². The van der Waals surface area contributed by atoms with Crippen molar-refractivity contribution >= 4 is 11.9 Å². The van der Waals surface area contributed by atoms with Crippen LogP contribution in [0.15, 0.2) is 12.4 Å². The molecule has 0 amide bonds. The minimum absolute atomic E-state index is 0.203. The van der Waals surface area contributed by atoms with E-state index >= 15 is 0 Å². The fraction of sp³-hybridized carbons (Fsp3) is 0.200. The maximum absolute atomic E-state index is 10.0. The average Bonchev–Trinajstić information content (AvgIpc) is 2.03. The van der Waals surface area contributed by atoms with E-state index in [1.165, 1.54) is 12.4 Å². The number of nitrogens with zero attached hydrogens (tertiary/aromatic N) is 3. The Hall–Kier alpha value is -1.72. The number of carbonyl (C=O) groups is 1. The first-order chi connectivity index (χ1) is 5.29. The number of rotatable bonds is 3. The monoisotopic (exact) mass is 154 g/mol. The summed E-state index contributed by atoms with van der Waals surface area (Å²) < 4.78 is 0. The number of hydrogen-bond donors (Lipinski definition) is 2. The van der Waals surface area contributed by atoms with Crippen LogP contribution in [0.5, 0.6) is 0 Å². The van der Waals surface area contributed by atoms with E-state index in [1.807, 2.05) is 0 Å². The predicted molar refractivity (Wildman–Crippen MR) is 36.0 cm³/mol. The maximum Gasteiger partial charge on any atom is 0.322 e. The Morgan fingerprint density at radius 1 is 1.64 bits per heavy atom. The summed E-state index contributed by atoms with van der Waals surface area (Å²) in [5.74, 6) is -0.743. The van der Waals surface area contributed by atoms with Crippen molar-refractivity contribution < 1.29 is 9.90 Å². The van der Waals surface area contributed by atoms with Crippen LogP contribution in [0, 0.1) is 0 Å². The lowest BCUT2D eigenvalue weighted by Crippen LogP contribution is -2.14. The summed E-state index contributed by atoms with van der Waals surface area (Å²) in [4.78, 5) is 13.7. The van der Waals surface area contributed by atoms with E-state index in [4.69, 9.17) is 5.11 Å². The van der Waals surface area contributed by atoms with E-state index in [0.717, 1.165) is 0 Å². The Morgan fingerprint density at radius 3 is 3.00 bits per heavy atom. The lowest BCUT2D eigenvalue weighted by molar-refractivity contribution is -0.134. The Balaban J connectivity index is 2.45. The molecule has 58 valence electrons. The lowest BCUT2D eigenvalue weighted by atomic mass is 10.6. The van der Waals surface area contributed by atoms with Gasteiger partial charge in [-0.3, -0.25) is 4.79 Å². The van der Waals surface area contributed by atoms with Gasteiger partial charge in [0.05, 0.1) is 12.4 Å². The van der Waals surface area contributed by atoms with E-state index in [-0.39, 0.29) is 12.5 Å². The molecule has 0 aliphatic heterocycles. The second-order valence-corrected chi connectivity index (χ2v) is 1.71. The predicted octanol–water partition coefficient (Wildman–Crippen LogP) is -0.632. The molecule has 0 aromatic carbocycles. The van der Waals surface area contributed by atoms with Crippen molar-refractivity contribution in [3.8, 4) is 0 Å². The van der Waals surface area contributed by atoms with Crippen LogP contribution in [-0.4, -0.2) is 32.8 Å². The summed E-state index contributed by atoms with van der Waals surface area (Å²) in [5.41, 5.74) is 0. The van der Waals surface area contributed by atoms with Crippen LogP contribution in [0.4, 0.5) is 5.95 Å². The standard InChI is InChI=1S/C5H6N4O2/c10-4(11)3-7-5-6-1-2-8-9-5/h1-2H,3H2,(H,10,11)(H,6,7,9). The molecule has 0 fully saturated rings. The fourth-order valence-corrected chi connectivity index (χ4v) is 0.483. The van der Waals surface area contributed by atoms with Gasteiger partial charge in [-0.2, -0.15) is 5.10 Å². The molecule has 1 aromatic rings. The van der Waals surface area contributed by atoms with Crippen molar-refractivity contribution in [1.29, 1.82) is 0 Å². The summed E-state index contributed by atoms with van der Waals surface area (Å²) in [6, 6.07) is 0. The largest absolute Gasteiger partial charge is 0.480 e. The number of carboxylic acids is 1. The molecule has 0 saturated heterocycles. The van der Waals surface area contributed by atoms with Crippen molar-refractivity contribution in [2.75, 3.05) is 11.9 Å². The highest BCUT2D eigenvalue weighted by molar-refractivity contribution is 5.71. The van der Waals surface area contributed by atoms with Gasteiger partial charge in [0.2, 0.25) is 5.95 Å². The maximum atomic E-state index is 10.0. The summed E-state index contributed by atoms with van der Waals surface area (Å²) in [5, 5.41) is 17.7. The van der Waals surface area contributed by atoms with E-state index in [0.29, 0.717) is 0 Å². The molecule has 1 aromatic heterocycles. The van der Waals surface area contributed by atoms with Gasteiger partial charge in [-0.15, -0.1) is 5.10 Å². The summed E-state index contributed by atoms with van der Waals surface area (Å²) in [6.07, 6.45) is 2.84. The zero-order valence-electron chi connectivity index (χ0n) is 5.56. The summed E-state index contributed by atoms with van der Waals surface area (Å²) >= 11 is 0. The third-order valence-electron chi connectivity index (χ3n) is 0.880. The normalized spacial score (nSPS) is 9.09. The van der Waals surface area contributed by atoms with Crippen LogP contribution < -0.4 is 5.32 Å². The smallest absolute Gasteiger partial charge is 0.322 e. The Bertz CT molecular complexity index is 237. The molecule has 0 atom stereocenters. The summed E-state index contributed by atoms with van der Waals surface area (Å²) in [7, 11) is 0. The van der Waals surface area contributed by atoms with E-state index in [1.54, 1.807) is 0 Å². The summed E-state index contributed by atoms with van der Waals surface area (Å²) in [6.45, 7) is -0.203. The minimum atomic E-state index is -0.961. The lowest BCUT2D eigenvalue weighted by Gasteiger charge is -1.96. The highest BCUT2D eigenvalue weighted by Crippen LogP contribution is 1.88. The van der Waals surface area contributed by atoms with Crippen LogP contribution in [-0.2, 0) is 4.79 Å². The molecule has 0 aliphatic rings. The highest BCUT2D eigenvalue weighted by Gasteiger charge is 1.97. The molecule has 2 N–H and O–H groups in total. The van der Waals surface area contributed by atoms with Gasteiger partial charge < -0.3 is 10.4 Å². The van der Waals surface area contributed by atoms with Gasteiger partial charge in [-0.25, -0.2) is 4.98 Å². The molecule has 11 heavy (non-hydrogen) atoms. The Morgan fingerprint density at radius 2 is 2.45 bits per heavy atom. The second-order valence-electron chi connectivity index (χ2n) is 1.71. The molecule has 0 unspecified atom stereocenters. The Labute approximate surface area is 62.3 Å². The topological polar surface area (TPSA) is 88.0 Å². The molecule has 6 heteroatoms. The first-order valence-electron chi connectivity index (χ1n) is 2.88. The van der Waals surface area contributed by atoms with Gasteiger partial charge in [0.25, 0.3) is 0 Å². The average molecular weight is 154 g/mol. The minimum Gasteiger partial charge on any atom is -0.480 e. The van der Waals surface area contributed by atoms with Crippen LogP contribution in [0.3, 0.4) is 0 Å². The van der Waals surface area contributed by atoms with Crippen molar-refractivity contribution in [3.05, 3.63) is 12.4 Å².